The quantitative estimate of drug-likeness (QED) is 0.872. The molecular formula is C18H27NO. The van der Waals surface area contributed by atoms with Gasteiger partial charge in [-0.2, -0.15) is 0 Å². The normalized spacial score (nSPS) is 24.6. The predicted octanol–water partition coefficient (Wildman–Crippen LogP) is 4.56. The van der Waals surface area contributed by atoms with Crippen LogP contribution in [0.3, 0.4) is 0 Å². The molecule has 1 atom stereocenters. The van der Waals surface area contributed by atoms with Crippen LogP contribution in [0.1, 0.15) is 74.5 Å². The number of hydrogen-bond acceptors (Lipinski definition) is 2. The lowest BCUT2D eigenvalue weighted by Crippen LogP contribution is -2.26. The molecule has 0 amide bonds. The van der Waals surface area contributed by atoms with Gasteiger partial charge in [0, 0.05) is 6.04 Å². The predicted molar refractivity (Wildman–Crippen MR) is 83.4 cm³/mol. The van der Waals surface area contributed by atoms with Gasteiger partial charge in [-0.3, -0.25) is 0 Å². The zero-order valence-corrected chi connectivity index (χ0v) is 12.7. The van der Waals surface area contributed by atoms with Gasteiger partial charge in [0.2, 0.25) is 0 Å². The van der Waals surface area contributed by atoms with Gasteiger partial charge in [0.05, 0.1) is 7.11 Å². The molecule has 2 heteroatoms. The maximum absolute atomic E-state index is 5.62. The molecule has 1 aromatic carbocycles. The second-order valence-corrected chi connectivity index (χ2v) is 6.34. The molecule has 1 saturated heterocycles. The minimum Gasteiger partial charge on any atom is -0.496 e. The van der Waals surface area contributed by atoms with E-state index in [1.165, 1.54) is 62.5 Å². The second kappa shape index (κ2) is 6.62. The summed E-state index contributed by atoms with van der Waals surface area (Å²) in [6.07, 6.45) is 10.8. The van der Waals surface area contributed by atoms with Crippen LogP contribution in [0, 0.1) is 0 Å². The SMILES string of the molecule is COc1ccc(C2CCCCN2)cc1C1CCCCC1. The molecular weight excluding hydrogens is 246 g/mol. The van der Waals surface area contributed by atoms with Crippen molar-refractivity contribution in [2.24, 2.45) is 0 Å². The molecule has 1 aromatic rings. The number of ether oxygens (including phenoxy) is 1. The van der Waals surface area contributed by atoms with E-state index in [0.29, 0.717) is 12.0 Å². The fourth-order valence-corrected chi connectivity index (χ4v) is 3.84. The Hall–Kier alpha value is -1.02. The van der Waals surface area contributed by atoms with Crippen molar-refractivity contribution in [3.8, 4) is 5.75 Å². The summed E-state index contributed by atoms with van der Waals surface area (Å²) in [5.41, 5.74) is 2.92. The van der Waals surface area contributed by atoms with Crippen LogP contribution in [0.15, 0.2) is 18.2 Å². The standard InChI is InChI=1S/C18H27NO/c1-20-18-11-10-15(17-9-5-6-12-19-17)13-16(18)14-7-3-2-4-8-14/h10-11,13-14,17,19H,2-9,12H2,1H3. The lowest BCUT2D eigenvalue weighted by atomic mass is 9.82. The molecule has 2 aliphatic rings. The molecule has 1 N–H and O–H groups in total. The smallest absolute Gasteiger partial charge is 0.122 e. The molecule has 2 fully saturated rings. The Bertz CT molecular complexity index is 431. The molecule has 1 aliphatic heterocycles. The summed E-state index contributed by atoms with van der Waals surface area (Å²) in [6.45, 7) is 1.16. The average molecular weight is 273 g/mol. The number of rotatable bonds is 3. The van der Waals surface area contributed by atoms with Crippen molar-refractivity contribution in [2.75, 3.05) is 13.7 Å². The lowest BCUT2D eigenvalue weighted by molar-refractivity contribution is 0.383. The Kier molecular flexibility index (Phi) is 4.62. The van der Waals surface area contributed by atoms with Gasteiger partial charge in [0.15, 0.2) is 0 Å². The van der Waals surface area contributed by atoms with Gasteiger partial charge in [0.25, 0.3) is 0 Å². The third kappa shape index (κ3) is 3.01. The summed E-state index contributed by atoms with van der Waals surface area (Å²) in [5, 5.41) is 3.66. The molecule has 3 rings (SSSR count). The topological polar surface area (TPSA) is 21.3 Å². The minimum atomic E-state index is 0.553. The lowest BCUT2D eigenvalue weighted by Gasteiger charge is -2.27. The Balaban J connectivity index is 1.85. The molecule has 0 radical (unpaired) electrons. The van der Waals surface area contributed by atoms with Gasteiger partial charge < -0.3 is 10.1 Å². The third-order valence-corrected chi connectivity index (χ3v) is 5.01. The van der Waals surface area contributed by atoms with Crippen molar-refractivity contribution < 1.29 is 4.74 Å². The van der Waals surface area contributed by atoms with Gasteiger partial charge in [0.1, 0.15) is 5.75 Å². The Morgan fingerprint density at radius 1 is 1.00 bits per heavy atom. The fourth-order valence-electron chi connectivity index (χ4n) is 3.84. The molecule has 20 heavy (non-hydrogen) atoms. The highest BCUT2D eigenvalue weighted by Gasteiger charge is 2.22. The molecule has 1 heterocycles. The maximum atomic E-state index is 5.62. The van der Waals surface area contributed by atoms with E-state index in [-0.39, 0.29) is 0 Å². The van der Waals surface area contributed by atoms with Crippen LogP contribution in [-0.2, 0) is 0 Å². The summed E-state index contributed by atoms with van der Waals surface area (Å²) >= 11 is 0. The van der Waals surface area contributed by atoms with Crippen molar-refractivity contribution in [1.29, 1.82) is 0 Å². The maximum Gasteiger partial charge on any atom is 0.122 e. The first-order chi connectivity index (χ1) is 9.88. The van der Waals surface area contributed by atoms with Gasteiger partial charge in [-0.1, -0.05) is 37.8 Å². The molecule has 1 aliphatic carbocycles. The number of hydrogen-bond donors (Lipinski definition) is 1. The summed E-state index contributed by atoms with van der Waals surface area (Å²) in [7, 11) is 1.81. The summed E-state index contributed by atoms with van der Waals surface area (Å²) < 4.78 is 5.62. The number of nitrogens with one attached hydrogen (secondary N) is 1. The highest BCUT2D eigenvalue weighted by Crippen LogP contribution is 2.39. The first-order valence-electron chi connectivity index (χ1n) is 8.29. The van der Waals surface area contributed by atoms with Crippen molar-refractivity contribution in [3.63, 3.8) is 0 Å². The molecule has 0 spiro atoms. The van der Waals surface area contributed by atoms with E-state index >= 15 is 0 Å². The highest BCUT2D eigenvalue weighted by atomic mass is 16.5. The van der Waals surface area contributed by atoms with Crippen LogP contribution in [-0.4, -0.2) is 13.7 Å². The highest BCUT2D eigenvalue weighted by molar-refractivity contribution is 5.41. The van der Waals surface area contributed by atoms with Gasteiger partial charge in [-0.15, -0.1) is 0 Å². The van der Waals surface area contributed by atoms with Gasteiger partial charge in [-0.25, -0.2) is 0 Å². The number of benzene rings is 1. The molecule has 0 aromatic heterocycles. The first kappa shape index (κ1) is 13.9. The van der Waals surface area contributed by atoms with Crippen LogP contribution in [0.4, 0.5) is 0 Å². The monoisotopic (exact) mass is 273 g/mol. The van der Waals surface area contributed by atoms with E-state index < -0.39 is 0 Å². The molecule has 1 unspecified atom stereocenters. The number of piperidine rings is 1. The third-order valence-electron chi connectivity index (χ3n) is 5.01. The van der Waals surface area contributed by atoms with Crippen LogP contribution in [0.2, 0.25) is 0 Å². The largest absolute Gasteiger partial charge is 0.496 e. The van der Waals surface area contributed by atoms with E-state index in [9.17, 15) is 0 Å². The number of methoxy groups -OCH3 is 1. The summed E-state index contributed by atoms with van der Waals surface area (Å²) in [4.78, 5) is 0. The van der Waals surface area contributed by atoms with E-state index in [2.05, 4.69) is 23.5 Å². The average Bonchev–Trinajstić information content (AvgIpc) is 2.56. The van der Waals surface area contributed by atoms with Crippen molar-refractivity contribution >= 4 is 0 Å². The van der Waals surface area contributed by atoms with E-state index in [1.54, 1.807) is 7.11 Å². The zero-order valence-electron chi connectivity index (χ0n) is 12.7. The molecule has 1 saturated carbocycles. The van der Waals surface area contributed by atoms with Crippen LogP contribution in [0.25, 0.3) is 0 Å². The van der Waals surface area contributed by atoms with E-state index in [0.717, 1.165) is 12.3 Å². The Morgan fingerprint density at radius 2 is 1.80 bits per heavy atom. The Morgan fingerprint density at radius 3 is 2.50 bits per heavy atom. The molecule has 2 nitrogen and oxygen atoms in total. The van der Waals surface area contributed by atoms with Crippen molar-refractivity contribution in [3.05, 3.63) is 29.3 Å². The fraction of sp³-hybridized carbons (Fsp3) is 0.667. The second-order valence-electron chi connectivity index (χ2n) is 6.34. The first-order valence-corrected chi connectivity index (χ1v) is 8.29. The van der Waals surface area contributed by atoms with Gasteiger partial charge >= 0.3 is 0 Å². The van der Waals surface area contributed by atoms with Crippen LogP contribution >= 0.6 is 0 Å². The van der Waals surface area contributed by atoms with E-state index in [4.69, 9.17) is 4.74 Å². The summed E-state index contributed by atoms with van der Waals surface area (Å²) in [5.74, 6) is 1.80. The van der Waals surface area contributed by atoms with Crippen molar-refractivity contribution in [2.45, 2.75) is 63.3 Å². The van der Waals surface area contributed by atoms with Crippen LogP contribution in [0.5, 0.6) is 5.75 Å². The molecule has 110 valence electrons. The van der Waals surface area contributed by atoms with Crippen molar-refractivity contribution in [1.82, 2.24) is 5.32 Å². The van der Waals surface area contributed by atoms with E-state index in [1.807, 2.05) is 0 Å². The molecule has 0 bridgehead atoms. The minimum absolute atomic E-state index is 0.553. The summed E-state index contributed by atoms with van der Waals surface area (Å²) in [6, 6.07) is 7.43. The Labute approximate surface area is 122 Å². The zero-order chi connectivity index (χ0) is 13.8. The van der Waals surface area contributed by atoms with Gasteiger partial charge in [-0.05, 0) is 55.3 Å². The van der Waals surface area contributed by atoms with Crippen LogP contribution < -0.4 is 10.1 Å².